The van der Waals surface area contributed by atoms with Crippen molar-refractivity contribution in [3.8, 4) is 0 Å². The summed E-state index contributed by atoms with van der Waals surface area (Å²) in [6, 6.07) is 0. The van der Waals surface area contributed by atoms with Crippen LogP contribution in [0.5, 0.6) is 0 Å². The minimum Gasteiger partial charge on any atom is -0.381 e. The average molecular weight is 283 g/mol. The summed E-state index contributed by atoms with van der Waals surface area (Å²) in [5.41, 5.74) is 5.81. The highest BCUT2D eigenvalue weighted by Gasteiger charge is 2.39. The number of hydrogen-bond acceptors (Lipinski definition) is 6. The quantitative estimate of drug-likeness (QED) is 0.915. The lowest BCUT2D eigenvalue weighted by Gasteiger charge is -2.32. The molecule has 106 valence electrons. The van der Waals surface area contributed by atoms with Gasteiger partial charge in [0.25, 0.3) is 0 Å². The Hall–Kier alpha value is -0.590. The third-order valence-electron chi connectivity index (χ3n) is 4.20. The van der Waals surface area contributed by atoms with Gasteiger partial charge >= 0.3 is 0 Å². The van der Waals surface area contributed by atoms with Crippen molar-refractivity contribution in [2.24, 2.45) is 5.73 Å². The Balaban J connectivity index is 1.79. The molecule has 1 atom stereocenters. The molecule has 6 heteroatoms. The van der Waals surface area contributed by atoms with E-state index in [0.717, 1.165) is 44.2 Å². The van der Waals surface area contributed by atoms with Gasteiger partial charge in [-0.2, -0.15) is 16.7 Å². The van der Waals surface area contributed by atoms with Gasteiger partial charge in [0.2, 0.25) is 5.89 Å². The van der Waals surface area contributed by atoms with Crippen molar-refractivity contribution in [1.29, 1.82) is 0 Å². The lowest BCUT2D eigenvalue weighted by Crippen LogP contribution is -2.41. The predicted molar refractivity (Wildman–Crippen MR) is 74.1 cm³/mol. The van der Waals surface area contributed by atoms with E-state index in [2.05, 4.69) is 10.1 Å². The molecule has 1 unspecified atom stereocenters. The first-order valence-corrected chi connectivity index (χ1v) is 8.12. The van der Waals surface area contributed by atoms with E-state index >= 15 is 0 Å². The van der Waals surface area contributed by atoms with E-state index < -0.39 is 0 Å². The molecule has 0 spiro atoms. The van der Waals surface area contributed by atoms with Crippen LogP contribution in [0.3, 0.4) is 0 Å². The van der Waals surface area contributed by atoms with Crippen molar-refractivity contribution >= 4 is 11.8 Å². The maximum Gasteiger partial charge on any atom is 0.234 e. The molecule has 1 aromatic heterocycles. The monoisotopic (exact) mass is 283 g/mol. The number of nitrogens with zero attached hydrogens (tertiary/aromatic N) is 2. The van der Waals surface area contributed by atoms with Crippen molar-refractivity contribution in [2.75, 3.05) is 25.5 Å². The summed E-state index contributed by atoms with van der Waals surface area (Å²) in [5.74, 6) is 2.78. The van der Waals surface area contributed by atoms with Gasteiger partial charge in [-0.25, -0.2) is 0 Å². The summed E-state index contributed by atoms with van der Waals surface area (Å²) in [6.07, 6.45) is 5.47. The van der Waals surface area contributed by atoms with Crippen molar-refractivity contribution in [3.63, 3.8) is 0 Å². The average Bonchev–Trinajstić information content (AvgIpc) is 2.99. The Morgan fingerprint density at radius 2 is 2.16 bits per heavy atom. The number of aromatic nitrogens is 2. The zero-order valence-corrected chi connectivity index (χ0v) is 12.0. The van der Waals surface area contributed by atoms with Gasteiger partial charge in [0.15, 0.2) is 5.82 Å². The molecule has 2 aliphatic heterocycles. The van der Waals surface area contributed by atoms with Gasteiger partial charge < -0.3 is 15.0 Å². The minimum absolute atomic E-state index is 0.164. The molecule has 0 radical (unpaired) electrons. The van der Waals surface area contributed by atoms with E-state index in [9.17, 15) is 0 Å². The van der Waals surface area contributed by atoms with Gasteiger partial charge in [0, 0.05) is 19.8 Å². The molecule has 2 fully saturated rings. The van der Waals surface area contributed by atoms with E-state index in [4.69, 9.17) is 15.0 Å². The fourth-order valence-corrected chi connectivity index (χ4v) is 4.03. The molecule has 2 aliphatic rings. The fourth-order valence-electron chi connectivity index (χ4n) is 2.79. The lowest BCUT2D eigenvalue weighted by molar-refractivity contribution is 0.0409. The number of ether oxygens (including phenoxy) is 1. The van der Waals surface area contributed by atoms with Crippen LogP contribution >= 0.6 is 11.8 Å². The molecule has 0 aromatic carbocycles. The zero-order chi connectivity index (χ0) is 13.1. The van der Waals surface area contributed by atoms with Crippen LogP contribution < -0.4 is 5.73 Å². The SMILES string of the molecule is NCC1(c2nc(C3CCCCS3)no2)CCOCC1. The van der Waals surface area contributed by atoms with Gasteiger partial charge in [0.05, 0.1) is 10.7 Å². The molecule has 1 aromatic rings. The van der Waals surface area contributed by atoms with Crippen LogP contribution in [-0.4, -0.2) is 35.7 Å². The van der Waals surface area contributed by atoms with Crippen LogP contribution in [0, 0.1) is 0 Å². The zero-order valence-electron chi connectivity index (χ0n) is 11.1. The Morgan fingerprint density at radius 3 is 2.84 bits per heavy atom. The molecular weight excluding hydrogens is 262 g/mol. The van der Waals surface area contributed by atoms with Crippen LogP contribution in [0.4, 0.5) is 0 Å². The Labute approximate surface area is 117 Å². The Bertz CT molecular complexity index is 412. The lowest BCUT2D eigenvalue weighted by atomic mass is 9.80. The molecule has 19 heavy (non-hydrogen) atoms. The molecule has 0 saturated carbocycles. The largest absolute Gasteiger partial charge is 0.381 e. The maximum absolute atomic E-state index is 5.97. The van der Waals surface area contributed by atoms with Crippen LogP contribution in [0.25, 0.3) is 0 Å². The highest BCUT2D eigenvalue weighted by molar-refractivity contribution is 7.99. The Kier molecular flexibility index (Phi) is 4.10. The molecule has 3 rings (SSSR count). The normalized spacial score (nSPS) is 27.3. The first-order chi connectivity index (χ1) is 9.34. The van der Waals surface area contributed by atoms with Crippen LogP contribution in [0.1, 0.15) is 49.1 Å². The molecule has 5 nitrogen and oxygen atoms in total. The molecular formula is C13H21N3O2S. The second kappa shape index (κ2) is 5.81. The van der Waals surface area contributed by atoms with Crippen molar-refractivity contribution in [3.05, 3.63) is 11.7 Å². The number of nitrogens with two attached hydrogens (primary N) is 1. The first kappa shape index (κ1) is 13.4. The summed E-state index contributed by atoms with van der Waals surface area (Å²) in [7, 11) is 0. The smallest absolute Gasteiger partial charge is 0.234 e. The number of rotatable bonds is 3. The molecule has 3 heterocycles. The topological polar surface area (TPSA) is 74.2 Å². The molecule has 0 amide bonds. The van der Waals surface area contributed by atoms with Crippen LogP contribution in [-0.2, 0) is 10.2 Å². The minimum atomic E-state index is -0.164. The second-order valence-corrected chi connectivity index (χ2v) is 6.72. The summed E-state index contributed by atoms with van der Waals surface area (Å²) in [6.45, 7) is 2.01. The summed E-state index contributed by atoms with van der Waals surface area (Å²) in [5, 5.41) is 4.61. The standard InChI is InChI=1S/C13H21N3O2S/c14-9-13(4-6-17-7-5-13)12-15-11(16-18-12)10-3-1-2-8-19-10/h10H,1-9,14H2. The van der Waals surface area contributed by atoms with Crippen molar-refractivity contribution in [2.45, 2.75) is 42.8 Å². The molecule has 2 saturated heterocycles. The third-order valence-corrected chi connectivity index (χ3v) is 5.58. The van der Waals surface area contributed by atoms with Gasteiger partial charge in [0.1, 0.15) is 0 Å². The van der Waals surface area contributed by atoms with E-state index in [1.807, 2.05) is 11.8 Å². The van der Waals surface area contributed by atoms with Gasteiger partial charge in [-0.15, -0.1) is 0 Å². The van der Waals surface area contributed by atoms with Gasteiger partial charge in [-0.05, 0) is 31.4 Å². The number of thioether (sulfide) groups is 1. The van der Waals surface area contributed by atoms with Gasteiger partial charge in [-0.3, -0.25) is 0 Å². The Morgan fingerprint density at radius 1 is 1.32 bits per heavy atom. The van der Waals surface area contributed by atoms with E-state index in [-0.39, 0.29) is 5.41 Å². The van der Waals surface area contributed by atoms with Crippen molar-refractivity contribution < 1.29 is 9.26 Å². The summed E-state index contributed by atoms with van der Waals surface area (Å²) >= 11 is 1.94. The first-order valence-electron chi connectivity index (χ1n) is 7.08. The number of hydrogen-bond donors (Lipinski definition) is 1. The predicted octanol–water partition coefficient (Wildman–Crippen LogP) is 2.03. The molecule has 0 bridgehead atoms. The van der Waals surface area contributed by atoms with E-state index in [0.29, 0.717) is 11.8 Å². The van der Waals surface area contributed by atoms with E-state index in [1.54, 1.807) is 0 Å². The van der Waals surface area contributed by atoms with Gasteiger partial charge in [-0.1, -0.05) is 11.6 Å². The second-order valence-electron chi connectivity index (χ2n) is 5.41. The molecule has 0 aliphatic carbocycles. The summed E-state index contributed by atoms with van der Waals surface area (Å²) < 4.78 is 11.0. The highest BCUT2D eigenvalue weighted by atomic mass is 32.2. The summed E-state index contributed by atoms with van der Waals surface area (Å²) in [4.78, 5) is 4.67. The maximum atomic E-state index is 5.97. The van der Waals surface area contributed by atoms with E-state index in [1.165, 1.54) is 18.6 Å². The third kappa shape index (κ3) is 2.66. The molecule has 2 N–H and O–H groups in total. The van der Waals surface area contributed by atoms with Crippen molar-refractivity contribution in [1.82, 2.24) is 10.1 Å². The van der Waals surface area contributed by atoms with Crippen LogP contribution in [0.15, 0.2) is 4.52 Å². The highest BCUT2D eigenvalue weighted by Crippen LogP contribution is 2.39. The van der Waals surface area contributed by atoms with Crippen LogP contribution in [0.2, 0.25) is 0 Å². The fraction of sp³-hybridized carbons (Fsp3) is 0.846.